The lowest BCUT2D eigenvalue weighted by atomic mass is 10.0. The molecule has 0 bridgehead atoms. The highest BCUT2D eigenvalue weighted by molar-refractivity contribution is 5.78. The number of carbonyl (C=O) groups excluding carboxylic acids is 1. The summed E-state index contributed by atoms with van der Waals surface area (Å²) in [6, 6.07) is 0. The van der Waals surface area contributed by atoms with Crippen molar-refractivity contribution in [3.8, 4) is 0 Å². The van der Waals surface area contributed by atoms with Gasteiger partial charge in [-0.3, -0.25) is 4.79 Å². The monoisotopic (exact) mass is 235 g/mol. The third kappa shape index (κ3) is 5.71. The van der Waals surface area contributed by atoms with Crippen molar-refractivity contribution >= 4 is 5.91 Å². The van der Waals surface area contributed by atoms with Gasteiger partial charge in [0.15, 0.2) is 0 Å². The maximum Gasteiger partial charge on any atom is 0.225 e. The molecule has 0 radical (unpaired) electrons. The van der Waals surface area contributed by atoms with E-state index in [1.165, 1.54) is 12.8 Å². The van der Waals surface area contributed by atoms with Crippen molar-refractivity contribution in [3.05, 3.63) is 24.3 Å². The average Bonchev–Trinajstić information content (AvgIpc) is 2.33. The number of hydrogen-bond acceptors (Lipinski definition) is 1. The van der Waals surface area contributed by atoms with E-state index >= 15 is 0 Å². The third-order valence-electron chi connectivity index (χ3n) is 3.26. The van der Waals surface area contributed by atoms with Gasteiger partial charge in [0, 0.05) is 19.5 Å². The first-order valence-corrected chi connectivity index (χ1v) is 6.77. The zero-order valence-electron chi connectivity index (χ0n) is 11.2. The van der Waals surface area contributed by atoms with Crippen LogP contribution in [0.5, 0.6) is 0 Å². The Labute approximate surface area is 105 Å². The summed E-state index contributed by atoms with van der Waals surface area (Å²) in [5.74, 6) is 0.431. The molecule has 2 nitrogen and oxygen atoms in total. The molecule has 1 aliphatic heterocycles. The second-order valence-corrected chi connectivity index (χ2v) is 4.92. The number of hydrogen-bond donors (Lipinski definition) is 0. The van der Waals surface area contributed by atoms with E-state index in [2.05, 4.69) is 24.3 Å². The molecule has 0 aliphatic carbocycles. The first-order chi connectivity index (χ1) is 8.22. The molecular weight excluding hydrogens is 210 g/mol. The van der Waals surface area contributed by atoms with Crippen molar-refractivity contribution < 1.29 is 4.79 Å². The van der Waals surface area contributed by atoms with Gasteiger partial charge in [0.1, 0.15) is 0 Å². The molecule has 1 rings (SSSR count). The van der Waals surface area contributed by atoms with Crippen LogP contribution < -0.4 is 0 Å². The first-order valence-electron chi connectivity index (χ1n) is 6.77. The number of amides is 1. The molecule has 0 fully saturated rings. The minimum atomic E-state index is 0.157. The maximum atomic E-state index is 12.0. The lowest BCUT2D eigenvalue weighted by Crippen LogP contribution is -2.31. The Morgan fingerprint density at radius 3 is 2.35 bits per heavy atom. The summed E-state index contributed by atoms with van der Waals surface area (Å²) < 4.78 is 0. The molecule has 96 valence electrons. The lowest BCUT2D eigenvalue weighted by molar-refractivity contribution is -0.133. The molecule has 1 aliphatic rings. The summed E-state index contributed by atoms with van der Waals surface area (Å²) in [7, 11) is 1.90. The van der Waals surface area contributed by atoms with Crippen LogP contribution in [-0.4, -0.2) is 24.4 Å². The number of allylic oxidation sites excluding steroid dienone is 3. The van der Waals surface area contributed by atoms with Gasteiger partial charge in [0.25, 0.3) is 0 Å². The van der Waals surface area contributed by atoms with Crippen molar-refractivity contribution in [3.63, 3.8) is 0 Å². The molecule has 2 heteroatoms. The van der Waals surface area contributed by atoms with Gasteiger partial charge >= 0.3 is 0 Å². The predicted octanol–water partition coefficient (Wildman–Crippen LogP) is 3.55. The highest BCUT2D eigenvalue weighted by Crippen LogP contribution is 2.12. The van der Waals surface area contributed by atoms with E-state index in [0.717, 1.165) is 32.2 Å². The summed E-state index contributed by atoms with van der Waals surface area (Å²) in [5, 5.41) is 0. The third-order valence-corrected chi connectivity index (χ3v) is 3.26. The molecule has 0 saturated heterocycles. The quantitative estimate of drug-likeness (QED) is 0.588. The topological polar surface area (TPSA) is 20.3 Å². The Morgan fingerprint density at radius 2 is 1.65 bits per heavy atom. The molecule has 1 atom stereocenters. The van der Waals surface area contributed by atoms with E-state index in [0.29, 0.717) is 0 Å². The standard InChI is InChI=1S/C15H25NO/c1-14-12-10-8-6-4-3-5-7-9-11-13-16(2)15(14)17/h4,6,9,11,14H,3,5,7-8,10,12-13H2,1-2H3. The van der Waals surface area contributed by atoms with Crippen LogP contribution in [0, 0.1) is 5.92 Å². The highest BCUT2D eigenvalue weighted by atomic mass is 16.2. The summed E-state index contributed by atoms with van der Waals surface area (Å²) >= 11 is 0. The molecule has 0 aromatic heterocycles. The van der Waals surface area contributed by atoms with Crippen molar-refractivity contribution in [2.24, 2.45) is 5.92 Å². The minimum Gasteiger partial charge on any atom is -0.342 e. The van der Waals surface area contributed by atoms with Gasteiger partial charge in [-0.05, 0) is 38.5 Å². The summed E-state index contributed by atoms with van der Waals surface area (Å²) in [6.45, 7) is 2.79. The zero-order chi connectivity index (χ0) is 12.5. The van der Waals surface area contributed by atoms with Crippen LogP contribution in [0.25, 0.3) is 0 Å². The van der Waals surface area contributed by atoms with Crippen LogP contribution in [0.3, 0.4) is 0 Å². The number of rotatable bonds is 0. The zero-order valence-corrected chi connectivity index (χ0v) is 11.2. The second kappa shape index (κ2) is 8.10. The minimum absolute atomic E-state index is 0.157. The molecular formula is C15H25NO. The summed E-state index contributed by atoms with van der Waals surface area (Å²) in [6.07, 6.45) is 15.6. The van der Waals surface area contributed by atoms with Gasteiger partial charge in [-0.25, -0.2) is 0 Å². The SMILES string of the molecule is CC1CCCC=CCCCC=CCN(C)C1=O. The van der Waals surface area contributed by atoms with E-state index in [1.807, 2.05) is 18.9 Å². The van der Waals surface area contributed by atoms with Crippen LogP contribution in [-0.2, 0) is 4.79 Å². The Balaban J connectivity index is 2.51. The van der Waals surface area contributed by atoms with Crippen LogP contribution in [0.15, 0.2) is 24.3 Å². The largest absolute Gasteiger partial charge is 0.342 e. The van der Waals surface area contributed by atoms with Gasteiger partial charge in [0.2, 0.25) is 5.91 Å². The average molecular weight is 235 g/mol. The Bertz CT molecular complexity index is 281. The first kappa shape index (κ1) is 14.0. The van der Waals surface area contributed by atoms with Gasteiger partial charge in [-0.2, -0.15) is 0 Å². The van der Waals surface area contributed by atoms with Gasteiger partial charge in [-0.15, -0.1) is 0 Å². The van der Waals surface area contributed by atoms with Crippen molar-refractivity contribution in [1.82, 2.24) is 4.90 Å². The molecule has 0 N–H and O–H groups in total. The summed E-state index contributed by atoms with van der Waals surface area (Å²) in [5.41, 5.74) is 0. The Morgan fingerprint density at radius 1 is 1.06 bits per heavy atom. The van der Waals surface area contributed by atoms with Gasteiger partial charge in [-0.1, -0.05) is 31.2 Å². The fourth-order valence-corrected chi connectivity index (χ4v) is 2.07. The fourth-order valence-electron chi connectivity index (χ4n) is 2.07. The van der Waals surface area contributed by atoms with Crippen LogP contribution in [0.4, 0.5) is 0 Å². The Hall–Kier alpha value is -1.05. The predicted molar refractivity (Wildman–Crippen MR) is 72.8 cm³/mol. The van der Waals surface area contributed by atoms with E-state index < -0.39 is 0 Å². The van der Waals surface area contributed by atoms with Gasteiger partial charge in [0.05, 0.1) is 0 Å². The van der Waals surface area contributed by atoms with Crippen LogP contribution >= 0.6 is 0 Å². The van der Waals surface area contributed by atoms with E-state index in [9.17, 15) is 4.79 Å². The second-order valence-electron chi connectivity index (χ2n) is 4.92. The van der Waals surface area contributed by atoms with E-state index in [4.69, 9.17) is 0 Å². The van der Waals surface area contributed by atoms with Crippen LogP contribution in [0.2, 0.25) is 0 Å². The number of carbonyl (C=O) groups is 1. The smallest absolute Gasteiger partial charge is 0.225 e. The Kier molecular flexibility index (Phi) is 6.68. The molecule has 0 aromatic rings. The molecule has 0 saturated carbocycles. The molecule has 0 aromatic carbocycles. The molecule has 0 spiro atoms. The molecule has 1 amide bonds. The number of likely N-dealkylation sites (N-methyl/N-ethyl adjacent to an activating group) is 1. The maximum absolute atomic E-state index is 12.0. The molecule has 17 heavy (non-hydrogen) atoms. The fraction of sp³-hybridized carbons (Fsp3) is 0.667. The van der Waals surface area contributed by atoms with Gasteiger partial charge < -0.3 is 4.90 Å². The summed E-state index contributed by atoms with van der Waals surface area (Å²) in [4.78, 5) is 13.8. The number of nitrogens with zero attached hydrogens (tertiary/aromatic N) is 1. The van der Waals surface area contributed by atoms with Crippen molar-refractivity contribution in [2.75, 3.05) is 13.6 Å². The van der Waals surface area contributed by atoms with Crippen LogP contribution in [0.1, 0.15) is 45.4 Å². The lowest BCUT2D eigenvalue weighted by Gasteiger charge is -2.20. The van der Waals surface area contributed by atoms with E-state index in [-0.39, 0.29) is 11.8 Å². The van der Waals surface area contributed by atoms with Crippen molar-refractivity contribution in [2.45, 2.75) is 45.4 Å². The molecule has 1 unspecified atom stereocenters. The highest BCUT2D eigenvalue weighted by Gasteiger charge is 2.15. The van der Waals surface area contributed by atoms with E-state index in [1.54, 1.807) is 0 Å². The normalized spacial score (nSPS) is 24.7. The van der Waals surface area contributed by atoms with Crippen molar-refractivity contribution in [1.29, 1.82) is 0 Å². The molecule has 1 heterocycles.